The van der Waals surface area contributed by atoms with Crippen LogP contribution in [0.3, 0.4) is 0 Å². The highest BCUT2D eigenvalue weighted by Gasteiger charge is 2.37. The minimum atomic E-state index is -3.77. The predicted octanol–water partition coefficient (Wildman–Crippen LogP) is 3.09. The molecule has 0 spiro atoms. The van der Waals surface area contributed by atoms with Crippen LogP contribution in [0, 0.1) is 5.92 Å². The molecule has 28 heavy (non-hydrogen) atoms. The maximum atomic E-state index is 12.0. The van der Waals surface area contributed by atoms with Gasteiger partial charge < -0.3 is 10.6 Å². The molecular formula is C21H35N3O3S. The minimum absolute atomic E-state index is 0.00887. The summed E-state index contributed by atoms with van der Waals surface area (Å²) in [6.07, 6.45) is 6.16. The van der Waals surface area contributed by atoms with Gasteiger partial charge in [0.25, 0.3) is 0 Å². The Hall–Kier alpha value is -1.60. The molecule has 158 valence electrons. The number of sulfonamides is 1. The lowest BCUT2D eigenvalue weighted by Gasteiger charge is -2.45. The number of hydrogen-bond donors (Lipinski definition) is 2. The van der Waals surface area contributed by atoms with Crippen molar-refractivity contribution in [2.45, 2.75) is 58.3 Å². The number of nitrogens with two attached hydrogens (primary N) is 1. The topological polar surface area (TPSA) is 92.5 Å². The fourth-order valence-corrected chi connectivity index (χ4v) is 4.98. The first kappa shape index (κ1) is 22.7. The third-order valence-electron chi connectivity index (χ3n) is 6.02. The zero-order valence-electron chi connectivity index (χ0n) is 17.4. The lowest BCUT2D eigenvalue weighted by molar-refractivity contribution is -0.115. The van der Waals surface area contributed by atoms with Gasteiger partial charge in [-0.2, -0.15) is 0 Å². The van der Waals surface area contributed by atoms with Crippen LogP contribution in [0.5, 0.6) is 0 Å². The Balaban J connectivity index is 2.05. The van der Waals surface area contributed by atoms with Crippen molar-refractivity contribution in [1.29, 1.82) is 0 Å². The van der Waals surface area contributed by atoms with Crippen molar-refractivity contribution < 1.29 is 13.2 Å². The Morgan fingerprint density at radius 1 is 1.32 bits per heavy atom. The predicted molar refractivity (Wildman–Crippen MR) is 115 cm³/mol. The van der Waals surface area contributed by atoms with E-state index in [0.29, 0.717) is 11.6 Å². The molecule has 0 aliphatic carbocycles. The van der Waals surface area contributed by atoms with E-state index in [2.05, 4.69) is 36.5 Å². The maximum Gasteiger partial charge on any atom is 0.241 e. The van der Waals surface area contributed by atoms with Crippen LogP contribution < -0.4 is 10.5 Å². The van der Waals surface area contributed by atoms with Crippen LogP contribution in [0.1, 0.15) is 58.4 Å². The summed E-state index contributed by atoms with van der Waals surface area (Å²) in [5, 5.41) is 0. The quantitative estimate of drug-likeness (QED) is 0.581. The Labute approximate surface area is 169 Å². The Kier molecular flexibility index (Phi) is 7.89. The molecule has 2 rings (SSSR count). The molecule has 2 unspecified atom stereocenters. The van der Waals surface area contributed by atoms with Crippen LogP contribution in [0.2, 0.25) is 0 Å². The minimum Gasteiger partial charge on any atom is -0.369 e. The molecule has 1 amide bonds. The highest BCUT2D eigenvalue weighted by Crippen LogP contribution is 2.40. The van der Waals surface area contributed by atoms with Crippen molar-refractivity contribution in [3.8, 4) is 0 Å². The zero-order valence-corrected chi connectivity index (χ0v) is 18.2. The van der Waals surface area contributed by atoms with Crippen LogP contribution in [0.4, 0.5) is 5.69 Å². The molecule has 1 heterocycles. The number of carbonyl (C=O) groups excluding carboxylic acids is 1. The smallest absolute Gasteiger partial charge is 0.241 e. The van der Waals surface area contributed by atoms with Crippen molar-refractivity contribution in [2.24, 2.45) is 11.7 Å². The zero-order chi connectivity index (χ0) is 20.8. The van der Waals surface area contributed by atoms with Gasteiger partial charge in [-0.1, -0.05) is 52.2 Å². The molecule has 1 aliphatic rings. The van der Waals surface area contributed by atoms with Crippen molar-refractivity contribution in [3.05, 3.63) is 29.8 Å². The molecule has 0 aromatic heterocycles. The molecule has 1 aliphatic heterocycles. The van der Waals surface area contributed by atoms with Gasteiger partial charge in [0.15, 0.2) is 0 Å². The first-order valence-corrected chi connectivity index (χ1v) is 11.9. The Morgan fingerprint density at radius 2 is 2.07 bits per heavy atom. The van der Waals surface area contributed by atoms with Crippen molar-refractivity contribution in [3.63, 3.8) is 0 Å². The molecule has 1 aromatic carbocycles. The number of nitrogens with one attached hydrogen (secondary N) is 1. The van der Waals surface area contributed by atoms with Crippen LogP contribution in [0.15, 0.2) is 24.3 Å². The van der Waals surface area contributed by atoms with Gasteiger partial charge in [0.1, 0.15) is 5.75 Å². The van der Waals surface area contributed by atoms with E-state index in [1.807, 2.05) is 12.1 Å². The number of nitrogens with zero attached hydrogens (tertiary/aromatic N) is 1. The van der Waals surface area contributed by atoms with Gasteiger partial charge in [-0.3, -0.25) is 9.52 Å². The van der Waals surface area contributed by atoms with Gasteiger partial charge >= 0.3 is 0 Å². The van der Waals surface area contributed by atoms with Gasteiger partial charge in [0.05, 0.1) is 0 Å². The molecular weight excluding hydrogens is 374 g/mol. The summed E-state index contributed by atoms with van der Waals surface area (Å²) in [5.41, 5.74) is 6.62. The molecule has 2 atom stereocenters. The molecule has 3 N–H and O–H groups in total. The number of rotatable bonds is 10. The summed E-state index contributed by atoms with van der Waals surface area (Å²) >= 11 is 0. The number of amides is 1. The van der Waals surface area contributed by atoms with Gasteiger partial charge in [-0.05, 0) is 55.0 Å². The van der Waals surface area contributed by atoms with E-state index in [1.54, 1.807) is 6.07 Å². The molecule has 1 saturated heterocycles. The largest absolute Gasteiger partial charge is 0.369 e. The Morgan fingerprint density at radius 3 is 2.71 bits per heavy atom. The summed E-state index contributed by atoms with van der Waals surface area (Å²) in [6.45, 7) is 10.1. The highest BCUT2D eigenvalue weighted by molar-refractivity contribution is 7.93. The van der Waals surface area contributed by atoms with E-state index >= 15 is 0 Å². The van der Waals surface area contributed by atoms with Crippen molar-refractivity contribution in [2.75, 3.05) is 30.1 Å². The van der Waals surface area contributed by atoms with Gasteiger partial charge in [0.2, 0.25) is 15.9 Å². The third kappa shape index (κ3) is 6.21. The second-order valence-electron chi connectivity index (χ2n) is 8.34. The number of anilines is 1. The monoisotopic (exact) mass is 409 g/mol. The van der Waals surface area contributed by atoms with Crippen LogP contribution in [0.25, 0.3) is 0 Å². The number of unbranched alkanes of at least 4 members (excludes halogenated alkanes) is 3. The van der Waals surface area contributed by atoms with Crippen LogP contribution >= 0.6 is 0 Å². The second kappa shape index (κ2) is 9.74. The molecule has 0 saturated carbocycles. The lowest BCUT2D eigenvalue weighted by Crippen LogP contribution is -2.47. The molecule has 1 aromatic rings. The highest BCUT2D eigenvalue weighted by atomic mass is 32.2. The van der Waals surface area contributed by atoms with E-state index in [0.717, 1.165) is 31.6 Å². The number of likely N-dealkylation sites (tertiary alicyclic amines) is 1. The summed E-state index contributed by atoms with van der Waals surface area (Å²) < 4.78 is 26.5. The number of benzene rings is 1. The van der Waals surface area contributed by atoms with Gasteiger partial charge in [0, 0.05) is 12.2 Å². The Bertz CT molecular complexity index is 766. The standard InChI is InChI=1S/C21H35N3O3S/c1-4-5-6-7-12-24-13-11-21(3,17(2)15-24)18-9-8-10-19(14-18)23-28(26,27)16-20(22)25/h8-10,14,17,23H,4-7,11-13,15-16H2,1-3H3,(H2,22,25). The summed E-state index contributed by atoms with van der Waals surface area (Å²) in [5.74, 6) is -1.11. The fraction of sp³-hybridized carbons (Fsp3) is 0.667. The lowest BCUT2D eigenvalue weighted by atomic mass is 9.68. The summed E-state index contributed by atoms with van der Waals surface area (Å²) in [6, 6.07) is 7.54. The van der Waals surface area contributed by atoms with Gasteiger partial charge in [-0.15, -0.1) is 0 Å². The van der Waals surface area contributed by atoms with Crippen LogP contribution in [-0.4, -0.2) is 44.6 Å². The van der Waals surface area contributed by atoms with Crippen molar-refractivity contribution >= 4 is 21.6 Å². The van der Waals surface area contributed by atoms with E-state index in [1.165, 1.54) is 25.7 Å². The fourth-order valence-electron chi connectivity index (χ4n) is 4.05. The van der Waals surface area contributed by atoms with E-state index < -0.39 is 21.7 Å². The number of primary amides is 1. The first-order chi connectivity index (χ1) is 13.2. The summed E-state index contributed by atoms with van der Waals surface area (Å²) in [4.78, 5) is 13.5. The molecule has 7 heteroatoms. The van der Waals surface area contributed by atoms with Gasteiger partial charge in [-0.25, -0.2) is 8.42 Å². The first-order valence-electron chi connectivity index (χ1n) is 10.3. The van der Waals surface area contributed by atoms with Crippen LogP contribution in [-0.2, 0) is 20.2 Å². The molecule has 6 nitrogen and oxygen atoms in total. The molecule has 1 fully saturated rings. The number of piperidine rings is 1. The molecule has 0 bridgehead atoms. The van der Waals surface area contributed by atoms with E-state index in [-0.39, 0.29) is 5.41 Å². The van der Waals surface area contributed by atoms with E-state index in [9.17, 15) is 13.2 Å². The molecule has 0 radical (unpaired) electrons. The van der Waals surface area contributed by atoms with Crippen molar-refractivity contribution in [1.82, 2.24) is 4.90 Å². The SMILES string of the molecule is CCCCCCN1CCC(C)(c2cccc(NS(=O)(=O)CC(N)=O)c2)C(C)C1. The number of carbonyl (C=O) groups is 1. The second-order valence-corrected chi connectivity index (χ2v) is 10.1. The average Bonchev–Trinajstić information content (AvgIpc) is 2.60. The normalized spacial score (nSPS) is 23.5. The maximum absolute atomic E-state index is 12.0. The third-order valence-corrected chi connectivity index (χ3v) is 7.23. The van der Waals surface area contributed by atoms with E-state index in [4.69, 9.17) is 5.73 Å². The summed E-state index contributed by atoms with van der Waals surface area (Å²) in [7, 11) is -3.77. The average molecular weight is 410 g/mol. The number of hydrogen-bond acceptors (Lipinski definition) is 4.